The first-order valence-electron chi connectivity index (χ1n) is 4.86. The maximum absolute atomic E-state index is 12.9. The Morgan fingerprint density at radius 3 is 2.31 bits per heavy atom. The molecule has 5 heteroatoms. The maximum atomic E-state index is 12.9. The number of rotatable bonds is 4. The topological polar surface area (TPSA) is 35.8 Å². The third kappa shape index (κ3) is 2.89. The van der Waals surface area contributed by atoms with Gasteiger partial charge in [-0.3, -0.25) is 0 Å². The van der Waals surface area contributed by atoms with Gasteiger partial charge in [0.05, 0.1) is 12.5 Å². The lowest BCUT2D eigenvalue weighted by Gasteiger charge is -2.15. The minimum Gasteiger partial charge on any atom is -0.381 e. The van der Waals surface area contributed by atoms with E-state index in [4.69, 9.17) is 5.26 Å². The van der Waals surface area contributed by atoms with Crippen molar-refractivity contribution in [2.24, 2.45) is 0 Å². The largest absolute Gasteiger partial charge is 0.381 e. The van der Waals surface area contributed by atoms with E-state index >= 15 is 0 Å². The van der Waals surface area contributed by atoms with Crippen LogP contribution >= 0.6 is 0 Å². The van der Waals surface area contributed by atoms with E-state index in [0.29, 0.717) is 6.42 Å². The first-order chi connectivity index (χ1) is 7.58. The van der Waals surface area contributed by atoms with Crippen molar-refractivity contribution in [1.82, 2.24) is 0 Å². The van der Waals surface area contributed by atoms with Gasteiger partial charge in [0.1, 0.15) is 0 Å². The Morgan fingerprint density at radius 1 is 1.31 bits per heavy atom. The van der Waals surface area contributed by atoms with E-state index in [1.54, 1.807) is 0 Å². The van der Waals surface area contributed by atoms with Gasteiger partial charge in [-0.25, -0.2) is 13.2 Å². The van der Waals surface area contributed by atoms with Gasteiger partial charge in [-0.1, -0.05) is 6.92 Å². The monoisotopic (exact) mass is 228 g/mol. The van der Waals surface area contributed by atoms with Crippen LogP contribution in [0.25, 0.3) is 0 Å². The molecule has 0 saturated carbocycles. The molecule has 1 aromatic rings. The maximum Gasteiger partial charge on any atom is 0.194 e. The molecule has 0 saturated heterocycles. The highest BCUT2D eigenvalue weighted by atomic mass is 19.2. The van der Waals surface area contributed by atoms with Crippen LogP contribution in [-0.2, 0) is 0 Å². The SMILES string of the molecule is CCC(CC#N)Nc1cc(F)c(F)c(F)c1. The Bertz CT molecular complexity index is 389. The van der Waals surface area contributed by atoms with Crippen molar-refractivity contribution in [3.63, 3.8) is 0 Å². The molecule has 0 fully saturated rings. The highest BCUT2D eigenvalue weighted by Gasteiger charge is 2.12. The fourth-order valence-corrected chi connectivity index (χ4v) is 1.28. The van der Waals surface area contributed by atoms with Crippen molar-refractivity contribution in [3.05, 3.63) is 29.6 Å². The Morgan fingerprint density at radius 2 is 1.88 bits per heavy atom. The van der Waals surface area contributed by atoms with E-state index in [9.17, 15) is 13.2 Å². The van der Waals surface area contributed by atoms with Crippen molar-refractivity contribution in [2.45, 2.75) is 25.8 Å². The molecule has 1 atom stereocenters. The van der Waals surface area contributed by atoms with Crippen molar-refractivity contribution in [2.75, 3.05) is 5.32 Å². The normalized spacial score (nSPS) is 11.9. The minimum absolute atomic E-state index is 0.138. The van der Waals surface area contributed by atoms with Crippen LogP contribution in [0, 0.1) is 28.8 Å². The molecule has 86 valence electrons. The van der Waals surface area contributed by atoms with Gasteiger partial charge in [0.25, 0.3) is 0 Å². The zero-order valence-electron chi connectivity index (χ0n) is 8.73. The van der Waals surface area contributed by atoms with Crippen LogP contribution in [0.4, 0.5) is 18.9 Å². The third-order valence-corrected chi connectivity index (χ3v) is 2.19. The zero-order valence-corrected chi connectivity index (χ0v) is 8.73. The summed E-state index contributed by atoms with van der Waals surface area (Å²) in [4.78, 5) is 0. The van der Waals surface area contributed by atoms with Crippen LogP contribution < -0.4 is 5.32 Å². The fraction of sp³-hybridized carbons (Fsp3) is 0.364. The molecule has 0 aliphatic carbocycles. The highest BCUT2D eigenvalue weighted by Crippen LogP contribution is 2.19. The molecule has 0 amide bonds. The van der Waals surface area contributed by atoms with E-state index in [1.165, 1.54) is 0 Å². The zero-order chi connectivity index (χ0) is 12.1. The summed E-state index contributed by atoms with van der Waals surface area (Å²) in [6.45, 7) is 1.84. The van der Waals surface area contributed by atoms with Gasteiger partial charge in [0.2, 0.25) is 0 Å². The number of hydrogen-bond donors (Lipinski definition) is 1. The number of hydrogen-bond acceptors (Lipinski definition) is 2. The summed E-state index contributed by atoms with van der Waals surface area (Å²) in [7, 11) is 0. The molecular formula is C11H11F3N2. The van der Waals surface area contributed by atoms with Gasteiger partial charge in [-0.05, 0) is 6.42 Å². The summed E-state index contributed by atoms with van der Waals surface area (Å²) in [6.07, 6.45) is 0.852. The molecule has 1 rings (SSSR count). The number of halogens is 3. The first-order valence-corrected chi connectivity index (χ1v) is 4.86. The Labute approximate surface area is 91.7 Å². The first kappa shape index (κ1) is 12.4. The van der Waals surface area contributed by atoms with Crippen LogP contribution in [0.1, 0.15) is 19.8 Å². The standard InChI is InChI=1S/C11H11F3N2/c1-2-7(3-4-15)16-8-5-9(12)11(14)10(13)6-8/h5-7,16H,2-3H2,1H3. The van der Waals surface area contributed by atoms with Crippen molar-refractivity contribution < 1.29 is 13.2 Å². The molecule has 1 aromatic carbocycles. The second kappa shape index (κ2) is 5.40. The Balaban J connectivity index is 2.85. The second-order valence-electron chi connectivity index (χ2n) is 3.37. The van der Waals surface area contributed by atoms with Gasteiger partial charge >= 0.3 is 0 Å². The summed E-state index contributed by atoms with van der Waals surface area (Å²) in [5, 5.41) is 11.3. The Kier molecular flexibility index (Phi) is 4.18. The van der Waals surface area contributed by atoms with E-state index in [0.717, 1.165) is 12.1 Å². The van der Waals surface area contributed by atoms with Crippen molar-refractivity contribution >= 4 is 5.69 Å². The molecule has 0 aliphatic heterocycles. The van der Waals surface area contributed by atoms with Crippen LogP contribution in [0.15, 0.2) is 12.1 Å². The molecule has 0 aromatic heterocycles. The average molecular weight is 228 g/mol. The lowest BCUT2D eigenvalue weighted by atomic mass is 10.1. The van der Waals surface area contributed by atoms with Gasteiger partial charge in [0, 0.05) is 23.9 Å². The number of nitrogens with zero attached hydrogens (tertiary/aromatic N) is 1. The van der Waals surface area contributed by atoms with Gasteiger partial charge in [-0.15, -0.1) is 0 Å². The van der Waals surface area contributed by atoms with E-state index < -0.39 is 17.5 Å². The Hall–Kier alpha value is -1.70. The van der Waals surface area contributed by atoms with Crippen LogP contribution in [-0.4, -0.2) is 6.04 Å². The van der Waals surface area contributed by atoms with E-state index in [-0.39, 0.29) is 18.2 Å². The molecule has 1 N–H and O–H groups in total. The molecule has 1 unspecified atom stereocenters. The molecule has 0 radical (unpaired) electrons. The van der Waals surface area contributed by atoms with Crippen molar-refractivity contribution in [1.29, 1.82) is 5.26 Å². The molecule has 16 heavy (non-hydrogen) atoms. The molecule has 0 heterocycles. The molecular weight excluding hydrogens is 217 g/mol. The number of benzene rings is 1. The van der Waals surface area contributed by atoms with E-state index in [2.05, 4.69) is 5.32 Å². The average Bonchev–Trinajstić information content (AvgIpc) is 2.25. The molecule has 2 nitrogen and oxygen atoms in total. The number of nitrogens with one attached hydrogen (secondary N) is 1. The van der Waals surface area contributed by atoms with Crippen LogP contribution in [0.3, 0.4) is 0 Å². The predicted octanol–water partition coefficient (Wildman–Crippen LogP) is 3.21. The highest BCUT2D eigenvalue weighted by molar-refractivity contribution is 5.45. The van der Waals surface area contributed by atoms with E-state index in [1.807, 2.05) is 13.0 Å². The smallest absolute Gasteiger partial charge is 0.194 e. The fourth-order valence-electron chi connectivity index (χ4n) is 1.28. The van der Waals surface area contributed by atoms with Gasteiger partial charge in [0.15, 0.2) is 17.5 Å². The number of anilines is 1. The summed E-state index contributed by atoms with van der Waals surface area (Å²) in [5.74, 6) is -3.97. The summed E-state index contributed by atoms with van der Waals surface area (Å²) < 4.78 is 38.4. The molecule has 0 bridgehead atoms. The summed E-state index contributed by atoms with van der Waals surface area (Å²) >= 11 is 0. The third-order valence-electron chi connectivity index (χ3n) is 2.19. The van der Waals surface area contributed by atoms with Gasteiger partial charge < -0.3 is 5.32 Å². The van der Waals surface area contributed by atoms with Crippen molar-refractivity contribution in [3.8, 4) is 6.07 Å². The van der Waals surface area contributed by atoms with Crippen LogP contribution in [0.5, 0.6) is 0 Å². The molecule has 0 spiro atoms. The number of nitriles is 1. The molecule has 0 aliphatic rings. The quantitative estimate of drug-likeness (QED) is 0.803. The van der Waals surface area contributed by atoms with Gasteiger partial charge in [-0.2, -0.15) is 5.26 Å². The summed E-state index contributed by atoms with van der Waals surface area (Å²) in [5.41, 5.74) is 0.138. The lowest BCUT2D eigenvalue weighted by Crippen LogP contribution is -2.18. The lowest BCUT2D eigenvalue weighted by molar-refractivity contribution is 0.447. The summed E-state index contributed by atoms with van der Waals surface area (Å²) in [6, 6.07) is 3.50. The van der Waals surface area contributed by atoms with Crippen LogP contribution in [0.2, 0.25) is 0 Å². The second-order valence-corrected chi connectivity index (χ2v) is 3.37. The predicted molar refractivity (Wildman–Crippen MR) is 54.2 cm³/mol. The minimum atomic E-state index is -1.49.